The predicted molar refractivity (Wildman–Crippen MR) is 190 cm³/mol. The molecule has 0 unspecified atom stereocenters. The molecule has 2 fully saturated rings. The fraction of sp³-hybridized carbons (Fsp3) is 0.462. The number of amides is 3. The number of carbonyl (C=O) groups is 4. The molecule has 0 radical (unpaired) electrons. The van der Waals surface area contributed by atoms with Crippen molar-refractivity contribution < 1.29 is 38.5 Å². The van der Waals surface area contributed by atoms with Crippen molar-refractivity contribution >= 4 is 34.8 Å². The Morgan fingerprint density at radius 2 is 1.80 bits per heavy atom. The molecule has 2 aromatic carbocycles. The van der Waals surface area contributed by atoms with Crippen LogP contribution in [0.4, 0.5) is 4.79 Å². The fourth-order valence-electron chi connectivity index (χ4n) is 7.04. The lowest BCUT2D eigenvalue weighted by atomic mass is 10.1. The molecule has 0 bridgehead atoms. The highest BCUT2D eigenvalue weighted by Crippen LogP contribution is 2.47. The number of hydrogen-bond donors (Lipinski definition) is 3. The van der Waals surface area contributed by atoms with Crippen LogP contribution in [0.3, 0.4) is 0 Å². The van der Waals surface area contributed by atoms with Gasteiger partial charge in [0, 0.05) is 29.5 Å². The van der Waals surface area contributed by atoms with Crippen molar-refractivity contribution in [1.82, 2.24) is 20.5 Å². The zero-order valence-electron chi connectivity index (χ0n) is 29.5. The number of allylic oxidation sites excluding steroid dienone is 2. The van der Waals surface area contributed by atoms with E-state index in [4.69, 9.17) is 19.2 Å². The Morgan fingerprint density at radius 3 is 2.53 bits per heavy atom. The summed E-state index contributed by atoms with van der Waals surface area (Å²) in [4.78, 5) is 60.2. The number of ether oxygens (including phenoxy) is 3. The zero-order chi connectivity index (χ0) is 36.3. The monoisotopic (exact) mass is 698 g/mol. The molecule has 51 heavy (non-hydrogen) atoms. The normalized spacial score (nSPS) is 26.1. The second-order valence-electron chi connectivity index (χ2n) is 14.6. The first kappa shape index (κ1) is 35.7. The summed E-state index contributed by atoms with van der Waals surface area (Å²) in [5.41, 5.74) is 0.0207. The topological polar surface area (TPSA) is 156 Å². The van der Waals surface area contributed by atoms with E-state index in [2.05, 4.69) is 10.6 Å². The first-order valence-corrected chi connectivity index (χ1v) is 17.6. The highest BCUT2D eigenvalue weighted by molar-refractivity contribution is 5.96. The largest absolute Gasteiger partial charge is 0.497 e. The lowest BCUT2D eigenvalue weighted by Crippen LogP contribution is -2.56. The van der Waals surface area contributed by atoms with Gasteiger partial charge in [0.2, 0.25) is 11.8 Å². The number of fused-ring (bicyclic) bond motifs is 3. The molecule has 3 aliphatic rings. The second-order valence-corrected chi connectivity index (χ2v) is 14.6. The Balaban J connectivity index is 1.34. The molecule has 3 heterocycles. The quantitative estimate of drug-likeness (QED) is 0.278. The number of rotatable bonds is 6. The van der Waals surface area contributed by atoms with Gasteiger partial charge in [-0.3, -0.25) is 9.59 Å². The van der Waals surface area contributed by atoms with Crippen molar-refractivity contribution in [2.24, 2.45) is 5.92 Å². The van der Waals surface area contributed by atoms with Crippen LogP contribution in [0.15, 0.2) is 66.7 Å². The minimum absolute atomic E-state index is 0.0352. The van der Waals surface area contributed by atoms with E-state index in [1.807, 2.05) is 66.7 Å². The molecular formula is C39H46N4O8. The number of nitrogens with zero attached hydrogens (tertiary/aromatic N) is 2. The molecule has 270 valence electrons. The third-order valence-corrected chi connectivity index (χ3v) is 9.72. The molecule has 1 saturated heterocycles. The van der Waals surface area contributed by atoms with E-state index in [-0.39, 0.29) is 18.9 Å². The van der Waals surface area contributed by atoms with Crippen molar-refractivity contribution in [3.05, 3.63) is 66.7 Å². The predicted octanol–water partition coefficient (Wildman–Crippen LogP) is 5.63. The molecular weight excluding hydrogens is 652 g/mol. The Labute approximate surface area is 297 Å². The highest BCUT2D eigenvalue weighted by Gasteiger charge is 2.62. The SMILES string of the molecule is COc1ccc2c(O[C@@H]3C[C@H]4C(=O)N[C@]5(C(=O)O)C[C@@H]5CC/C=C/CCC[C@H](NC(=O)OC(C)(C)C)C(=O)N4C3)cc(-c3ccccc3)nc2c1. The molecule has 1 aliphatic carbocycles. The van der Waals surface area contributed by atoms with Crippen LogP contribution in [0.25, 0.3) is 22.2 Å². The van der Waals surface area contributed by atoms with E-state index < -0.39 is 53.2 Å². The Morgan fingerprint density at radius 1 is 1.04 bits per heavy atom. The van der Waals surface area contributed by atoms with Crippen molar-refractivity contribution in [2.75, 3.05) is 13.7 Å². The molecule has 12 heteroatoms. The van der Waals surface area contributed by atoms with Crippen LogP contribution in [-0.4, -0.2) is 81.8 Å². The van der Waals surface area contributed by atoms with Crippen LogP contribution in [-0.2, 0) is 19.1 Å². The van der Waals surface area contributed by atoms with E-state index in [1.54, 1.807) is 27.9 Å². The first-order valence-electron chi connectivity index (χ1n) is 17.6. The van der Waals surface area contributed by atoms with Gasteiger partial charge in [-0.1, -0.05) is 42.5 Å². The number of pyridine rings is 1. The Hall–Kier alpha value is -5.13. The van der Waals surface area contributed by atoms with E-state index >= 15 is 0 Å². The van der Waals surface area contributed by atoms with E-state index in [0.717, 1.165) is 10.9 Å². The smallest absolute Gasteiger partial charge is 0.408 e. The molecule has 0 spiro atoms. The maximum absolute atomic E-state index is 14.4. The number of hydrogen-bond acceptors (Lipinski definition) is 8. The van der Waals surface area contributed by atoms with Gasteiger partial charge in [0.1, 0.15) is 40.8 Å². The summed E-state index contributed by atoms with van der Waals surface area (Å²) in [6.07, 6.45) is 5.96. The minimum atomic E-state index is -1.39. The third-order valence-electron chi connectivity index (χ3n) is 9.72. The maximum atomic E-state index is 14.4. The van der Waals surface area contributed by atoms with Gasteiger partial charge in [-0.15, -0.1) is 0 Å². The Kier molecular flexibility index (Phi) is 10.2. The molecule has 12 nitrogen and oxygen atoms in total. The summed E-state index contributed by atoms with van der Waals surface area (Å²) < 4.78 is 17.6. The molecule has 3 N–H and O–H groups in total. The average Bonchev–Trinajstić information content (AvgIpc) is 3.63. The number of alkyl carbamates (subject to hydrolysis) is 1. The van der Waals surface area contributed by atoms with Crippen molar-refractivity contribution in [3.63, 3.8) is 0 Å². The van der Waals surface area contributed by atoms with Crippen LogP contribution in [0.2, 0.25) is 0 Å². The Bertz CT molecular complexity index is 1820. The van der Waals surface area contributed by atoms with Crippen LogP contribution in [0, 0.1) is 5.92 Å². The number of benzene rings is 2. The van der Waals surface area contributed by atoms with Crippen molar-refractivity contribution in [1.29, 1.82) is 0 Å². The number of aliphatic carboxylic acids is 1. The van der Waals surface area contributed by atoms with Gasteiger partial charge in [0.15, 0.2) is 0 Å². The van der Waals surface area contributed by atoms with Gasteiger partial charge < -0.3 is 34.9 Å². The maximum Gasteiger partial charge on any atom is 0.408 e. The van der Waals surface area contributed by atoms with Gasteiger partial charge in [0.05, 0.1) is 24.9 Å². The number of aromatic nitrogens is 1. The summed E-state index contributed by atoms with van der Waals surface area (Å²) in [6.45, 7) is 5.26. The molecule has 1 aromatic heterocycles. The van der Waals surface area contributed by atoms with Gasteiger partial charge in [-0.05, 0) is 77.3 Å². The van der Waals surface area contributed by atoms with Gasteiger partial charge in [-0.2, -0.15) is 0 Å². The number of carbonyl (C=O) groups excluding carboxylic acids is 3. The summed E-state index contributed by atoms with van der Waals surface area (Å²) in [6, 6.07) is 15.0. The van der Waals surface area contributed by atoms with Gasteiger partial charge in [0.25, 0.3) is 0 Å². The number of carboxylic acid groups (broad SMARTS) is 1. The van der Waals surface area contributed by atoms with Crippen molar-refractivity contribution in [2.45, 2.75) is 95.0 Å². The van der Waals surface area contributed by atoms with E-state index in [0.29, 0.717) is 61.2 Å². The van der Waals surface area contributed by atoms with E-state index in [1.165, 1.54) is 4.90 Å². The van der Waals surface area contributed by atoms with Crippen LogP contribution in [0.5, 0.6) is 11.5 Å². The highest BCUT2D eigenvalue weighted by atomic mass is 16.6. The van der Waals surface area contributed by atoms with Crippen LogP contribution in [0.1, 0.15) is 65.7 Å². The molecule has 6 rings (SSSR count). The van der Waals surface area contributed by atoms with Gasteiger partial charge >= 0.3 is 12.1 Å². The molecule has 3 amide bonds. The number of carboxylic acids is 1. The lowest BCUT2D eigenvalue weighted by molar-refractivity contribution is -0.146. The van der Waals surface area contributed by atoms with Crippen LogP contribution >= 0.6 is 0 Å². The lowest BCUT2D eigenvalue weighted by Gasteiger charge is -2.30. The zero-order valence-corrected chi connectivity index (χ0v) is 29.5. The molecule has 2 aliphatic heterocycles. The number of nitrogens with one attached hydrogen (secondary N) is 2. The van der Waals surface area contributed by atoms with Gasteiger partial charge in [-0.25, -0.2) is 14.6 Å². The molecule has 1 saturated carbocycles. The number of methoxy groups -OCH3 is 1. The van der Waals surface area contributed by atoms with E-state index in [9.17, 15) is 24.3 Å². The molecule has 3 aromatic rings. The minimum Gasteiger partial charge on any atom is -0.497 e. The summed E-state index contributed by atoms with van der Waals surface area (Å²) in [5, 5.41) is 16.5. The summed E-state index contributed by atoms with van der Waals surface area (Å²) in [7, 11) is 1.58. The summed E-state index contributed by atoms with van der Waals surface area (Å²) in [5.74, 6) is -1.18. The van der Waals surface area contributed by atoms with Crippen LogP contribution < -0.4 is 20.1 Å². The first-order chi connectivity index (χ1) is 24.4. The fourth-order valence-corrected chi connectivity index (χ4v) is 7.04. The van der Waals surface area contributed by atoms with Crippen molar-refractivity contribution in [3.8, 4) is 22.8 Å². The summed E-state index contributed by atoms with van der Waals surface area (Å²) >= 11 is 0. The molecule has 5 atom stereocenters. The standard InChI is InChI=1S/C39H46N4O8/c1-38(2,3)51-37(48)41-29-16-12-7-5-6-11-15-25-22-39(25,36(46)47)42-34(44)32-20-27(23-43(32)35(29)45)50-33-21-30(24-13-9-8-10-14-24)40-31-19-26(49-4)17-18-28(31)33/h5-6,8-10,13-14,17-19,21,25,27,29,32H,7,11-12,15-16,20,22-23H2,1-4H3,(H,41,48)(H,42,44)(H,46,47)/b6-5+/t25-,27+,29-,32-,39+/m0/s1. The second kappa shape index (κ2) is 14.6. The average molecular weight is 699 g/mol. The third kappa shape index (κ3) is 8.10.